The fraction of sp³-hybridized carbons (Fsp3) is 0.174. The Morgan fingerprint density at radius 3 is 2.68 bits per heavy atom. The van der Waals surface area contributed by atoms with Gasteiger partial charge in [0, 0.05) is 11.8 Å². The van der Waals surface area contributed by atoms with E-state index in [1.165, 1.54) is 11.8 Å². The van der Waals surface area contributed by atoms with Crippen molar-refractivity contribution in [1.82, 2.24) is 9.38 Å². The molecule has 2 heterocycles. The van der Waals surface area contributed by atoms with Crippen molar-refractivity contribution in [2.45, 2.75) is 11.9 Å². The van der Waals surface area contributed by atoms with Gasteiger partial charge in [0.05, 0.1) is 41.6 Å². The number of nitrogens with one attached hydrogen (secondary N) is 1. The number of carbonyl (C=O) groups excluding carboxylic acids is 1. The Morgan fingerprint density at radius 2 is 1.94 bits per heavy atom. The summed E-state index contributed by atoms with van der Waals surface area (Å²) in [7, 11) is 3.11. The summed E-state index contributed by atoms with van der Waals surface area (Å²) < 4.78 is 12.5. The molecular weight excluding hydrogens is 412 g/mol. The maximum Gasteiger partial charge on any atom is 0.234 e. The molecule has 0 aliphatic heterocycles. The normalized spacial score (nSPS) is 10.8. The van der Waals surface area contributed by atoms with Crippen LogP contribution in [0.25, 0.3) is 16.7 Å². The number of pyridine rings is 1. The van der Waals surface area contributed by atoms with Crippen LogP contribution in [0, 0.1) is 18.3 Å². The lowest BCUT2D eigenvalue weighted by molar-refractivity contribution is -0.113. The molecule has 4 aromatic rings. The molecule has 0 spiro atoms. The van der Waals surface area contributed by atoms with Crippen LogP contribution >= 0.6 is 11.8 Å². The van der Waals surface area contributed by atoms with Gasteiger partial charge in [0.2, 0.25) is 5.91 Å². The summed E-state index contributed by atoms with van der Waals surface area (Å²) in [6, 6.07) is 17.1. The fourth-order valence-electron chi connectivity index (χ4n) is 3.41. The molecular formula is C23H20N4O3S. The van der Waals surface area contributed by atoms with Gasteiger partial charge in [-0.05, 0) is 42.8 Å². The zero-order valence-corrected chi connectivity index (χ0v) is 18.1. The highest BCUT2D eigenvalue weighted by atomic mass is 32.2. The Morgan fingerprint density at radius 1 is 1.16 bits per heavy atom. The number of thioether (sulfide) groups is 1. The third-order valence-electron chi connectivity index (χ3n) is 4.87. The van der Waals surface area contributed by atoms with Crippen molar-refractivity contribution in [2.75, 3.05) is 25.3 Å². The average Bonchev–Trinajstić information content (AvgIpc) is 3.16. The van der Waals surface area contributed by atoms with Crippen molar-refractivity contribution in [2.24, 2.45) is 0 Å². The van der Waals surface area contributed by atoms with E-state index in [1.54, 1.807) is 32.4 Å². The molecule has 2 aromatic carbocycles. The summed E-state index contributed by atoms with van der Waals surface area (Å²) in [5.41, 5.74) is 4.30. The van der Waals surface area contributed by atoms with E-state index in [4.69, 9.17) is 9.47 Å². The van der Waals surface area contributed by atoms with Gasteiger partial charge in [-0.2, -0.15) is 5.26 Å². The zero-order valence-electron chi connectivity index (χ0n) is 17.3. The lowest BCUT2D eigenvalue weighted by Gasteiger charge is -2.12. The van der Waals surface area contributed by atoms with E-state index in [2.05, 4.69) is 16.4 Å². The van der Waals surface area contributed by atoms with Crippen molar-refractivity contribution in [3.8, 4) is 17.6 Å². The van der Waals surface area contributed by atoms with Gasteiger partial charge in [0.25, 0.3) is 0 Å². The maximum absolute atomic E-state index is 12.6. The van der Waals surface area contributed by atoms with Crippen LogP contribution in [0.4, 0.5) is 5.69 Å². The van der Waals surface area contributed by atoms with Gasteiger partial charge in [-0.15, -0.1) is 0 Å². The van der Waals surface area contributed by atoms with Crippen molar-refractivity contribution < 1.29 is 14.3 Å². The van der Waals surface area contributed by atoms with Crippen LogP contribution in [0.5, 0.6) is 11.5 Å². The molecule has 0 unspecified atom stereocenters. The third-order valence-corrected chi connectivity index (χ3v) is 5.87. The van der Waals surface area contributed by atoms with Crippen LogP contribution in [-0.4, -0.2) is 35.3 Å². The number of imidazole rings is 1. The monoisotopic (exact) mass is 432 g/mol. The first kappa shape index (κ1) is 20.6. The van der Waals surface area contributed by atoms with Crippen molar-refractivity contribution in [3.05, 3.63) is 59.7 Å². The summed E-state index contributed by atoms with van der Waals surface area (Å²) in [5, 5.41) is 13.3. The van der Waals surface area contributed by atoms with Gasteiger partial charge < -0.3 is 14.8 Å². The van der Waals surface area contributed by atoms with Crippen molar-refractivity contribution in [1.29, 1.82) is 5.26 Å². The van der Waals surface area contributed by atoms with Gasteiger partial charge in [0.15, 0.2) is 17.1 Å². The molecule has 0 aliphatic rings. The minimum atomic E-state index is -0.156. The number of nitrogens with zero attached hydrogens (tertiary/aromatic N) is 3. The SMILES string of the molecule is COc1ccc(NC(=O)CSc2cc(C)c(C#N)c3nc4ccccc4n23)cc1OC. The summed E-state index contributed by atoms with van der Waals surface area (Å²) in [5.74, 6) is 1.18. The number of aryl methyl sites for hydroxylation is 1. The second kappa shape index (κ2) is 8.58. The molecule has 156 valence electrons. The van der Waals surface area contributed by atoms with Gasteiger partial charge in [-0.3, -0.25) is 9.20 Å². The van der Waals surface area contributed by atoms with Crippen molar-refractivity contribution in [3.63, 3.8) is 0 Å². The number of carbonyl (C=O) groups is 1. The quantitative estimate of drug-likeness (QED) is 0.454. The third kappa shape index (κ3) is 3.88. The molecule has 0 bridgehead atoms. The van der Waals surface area contributed by atoms with Crippen LogP contribution in [0.1, 0.15) is 11.1 Å². The standard InChI is InChI=1S/C23H20N4O3S/c1-14-10-22(27-18-7-5-4-6-17(18)26-23(27)16(14)12-24)31-13-21(28)25-15-8-9-19(29-2)20(11-15)30-3/h4-11H,13H2,1-3H3,(H,25,28). The largest absolute Gasteiger partial charge is 0.493 e. The Bertz CT molecular complexity index is 1340. The van der Waals surface area contributed by atoms with E-state index in [-0.39, 0.29) is 11.7 Å². The van der Waals surface area contributed by atoms with Crippen LogP contribution in [0.2, 0.25) is 0 Å². The molecule has 0 fully saturated rings. The predicted octanol–water partition coefficient (Wildman–Crippen LogP) is 4.42. The Balaban J connectivity index is 1.61. The lowest BCUT2D eigenvalue weighted by Crippen LogP contribution is -2.14. The number of amides is 1. The molecule has 0 aliphatic carbocycles. The number of nitriles is 1. The number of benzene rings is 2. The number of hydrogen-bond donors (Lipinski definition) is 1. The molecule has 1 amide bonds. The zero-order chi connectivity index (χ0) is 22.0. The number of rotatable bonds is 6. The molecule has 0 saturated carbocycles. The van der Waals surface area contributed by atoms with Crippen LogP contribution in [-0.2, 0) is 4.79 Å². The first-order valence-electron chi connectivity index (χ1n) is 9.51. The number of ether oxygens (including phenoxy) is 2. The molecule has 4 rings (SSSR count). The molecule has 2 aromatic heterocycles. The molecule has 7 nitrogen and oxygen atoms in total. The highest BCUT2D eigenvalue weighted by molar-refractivity contribution is 7.99. The highest BCUT2D eigenvalue weighted by Crippen LogP contribution is 2.31. The van der Waals surface area contributed by atoms with Gasteiger partial charge in [-0.25, -0.2) is 4.98 Å². The molecule has 0 radical (unpaired) electrons. The van der Waals surface area contributed by atoms with Gasteiger partial charge >= 0.3 is 0 Å². The summed E-state index contributed by atoms with van der Waals surface area (Å²) in [6.07, 6.45) is 0. The van der Waals surface area contributed by atoms with Crippen LogP contribution in [0.15, 0.2) is 53.6 Å². The topological polar surface area (TPSA) is 88.6 Å². The number of hydrogen-bond acceptors (Lipinski definition) is 6. The summed E-state index contributed by atoms with van der Waals surface area (Å²) >= 11 is 1.39. The Labute approximate surface area is 183 Å². The predicted molar refractivity (Wildman–Crippen MR) is 121 cm³/mol. The minimum Gasteiger partial charge on any atom is -0.493 e. The fourth-order valence-corrected chi connectivity index (χ4v) is 4.34. The van der Waals surface area contributed by atoms with Crippen molar-refractivity contribution >= 4 is 40.0 Å². The second-order valence-electron chi connectivity index (χ2n) is 6.82. The first-order chi connectivity index (χ1) is 15.0. The number of fused-ring (bicyclic) bond motifs is 3. The van der Waals surface area contributed by atoms with Crippen LogP contribution < -0.4 is 14.8 Å². The molecule has 0 saturated heterocycles. The van der Waals surface area contributed by atoms with Crippen LogP contribution in [0.3, 0.4) is 0 Å². The number of anilines is 1. The second-order valence-corrected chi connectivity index (χ2v) is 7.81. The number of methoxy groups -OCH3 is 2. The lowest BCUT2D eigenvalue weighted by atomic mass is 10.2. The summed E-state index contributed by atoms with van der Waals surface area (Å²) in [6.45, 7) is 1.88. The van der Waals surface area contributed by atoms with E-state index in [0.29, 0.717) is 28.4 Å². The Kier molecular flexibility index (Phi) is 5.69. The maximum atomic E-state index is 12.6. The molecule has 31 heavy (non-hydrogen) atoms. The van der Waals surface area contributed by atoms with E-state index in [0.717, 1.165) is 21.6 Å². The van der Waals surface area contributed by atoms with Gasteiger partial charge in [0.1, 0.15) is 6.07 Å². The molecule has 8 heteroatoms. The highest BCUT2D eigenvalue weighted by Gasteiger charge is 2.16. The van der Waals surface area contributed by atoms with E-state index in [9.17, 15) is 10.1 Å². The minimum absolute atomic E-state index is 0.156. The number of aromatic nitrogens is 2. The smallest absolute Gasteiger partial charge is 0.234 e. The van der Waals surface area contributed by atoms with E-state index < -0.39 is 0 Å². The Hall–Kier alpha value is -3.70. The average molecular weight is 433 g/mol. The number of para-hydroxylation sites is 2. The van der Waals surface area contributed by atoms with Gasteiger partial charge in [-0.1, -0.05) is 23.9 Å². The summed E-state index contributed by atoms with van der Waals surface area (Å²) in [4.78, 5) is 17.2. The first-order valence-corrected chi connectivity index (χ1v) is 10.5. The molecule has 1 N–H and O–H groups in total. The van der Waals surface area contributed by atoms with E-state index in [1.807, 2.05) is 41.7 Å². The molecule has 0 atom stereocenters. The van der Waals surface area contributed by atoms with E-state index >= 15 is 0 Å².